The average molecular weight is 421 g/mol. The van der Waals surface area contributed by atoms with Gasteiger partial charge in [-0.2, -0.15) is 0 Å². The van der Waals surface area contributed by atoms with Crippen LogP contribution in [0.5, 0.6) is 0 Å². The van der Waals surface area contributed by atoms with E-state index < -0.39 is 7.14 Å². The normalized spacial score (nSPS) is 12.3. The SMILES string of the molecule is CCC(CCc1ccc(P(=O)(c2ccccc2)c2ccccc2)c(N)c1)C(=O)OC. The fourth-order valence-corrected chi connectivity index (χ4v) is 6.50. The topological polar surface area (TPSA) is 69.4 Å². The Balaban J connectivity index is 1.97. The fourth-order valence-electron chi connectivity index (χ4n) is 3.75. The van der Waals surface area contributed by atoms with Crippen molar-refractivity contribution in [2.45, 2.75) is 26.2 Å². The molecule has 0 aliphatic carbocycles. The second kappa shape index (κ2) is 9.77. The van der Waals surface area contributed by atoms with Gasteiger partial charge < -0.3 is 15.0 Å². The summed E-state index contributed by atoms with van der Waals surface area (Å²) in [5.74, 6) is -0.310. The molecule has 0 aliphatic heterocycles. The zero-order chi connectivity index (χ0) is 21.6. The highest BCUT2D eigenvalue weighted by atomic mass is 31.2. The van der Waals surface area contributed by atoms with Crippen LogP contribution >= 0.6 is 7.14 Å². The van der Waals surface area contributed by atoms with Crippen LogP contribution < -0.4 is 21.6 Å². The number of methoxy groups -OCH3 is 1. The number of aryl methyl sites for hydroxylation is 1. The molecule has 0 radical (unpaired) electrons. The van der Waals surface area contributed by atoms with E-state index in [1.54, 1.807) is 0 Å². The molecule has 3 aromatic carbocycles. The first-order valence-electron chi connectivity index (χ1n) is 10.2. The first-order chi connectivity index (χ1) is 14.5. The van der Waals surface area contributed by atoms with Crippen LogP contribution in [0.15, 0.2) is 78.9 Å². The number of carbonyl (C=O) groups excluding carboxylic acids is 1. The Kier molecular flexibility index (Phi) is 7.12. The quantitative estimate of drug-likeness (QED) is 0.339. The zero-order valence-electron chi connectivity index (χ0n) is 17.5. The van der Waals surface area contributed by atoms with Gasteiger partial charge in [0.2, 0.25) is 0 Å². The molecule has 156 valence electrons. The summed E-state index contributed by atoms with van der Waals surface area (Å²) in [6, 6.07) is 24.7. The van der Waals surface area contributed by atoms with Crippen molar-refractivity contribution in [3.05, 3.63) is 84.4 Å². The Hall–Kier alpha value is -2.84. The molecule has 0 amide bonds. The van der Waals surface area contributed by atoms with E-state index in [0.717, 1.165) is 22.6 Å². The molecule has 0 heterocycles. The van der Waals surface area contributed by atoms with Gasteiger partial charge in [0.05, 0.1) is 13.0 Å². The van der Waals surface area contributed by atoms with E-state index in [1.165, 1.54) is 7.11 Å². The Morgan fingerprint density at radius 2 is 1.53 bits per heavy atom. The average Bonchev–Trinajstić information content (AvgIpc) is 2.80. The number of rotatable bonds is 8. The van der Waals surface area contributed by atoms with E-state index in [-0.39, 0.29) is 11.9 Å². The Bertz CT molecular complexity index is 991. The summed E-state index contributed by atoms with van der Waals surface area (Å²) in [5.41, 5.74) is 7.97. The number of hydrogen-bond donors (Lipinski definition) is 1. The Morgan fingerprint density at radius 3 is 2.00 bits per heavy atom. The summed E-state index contributed by atoms with van der Waals surface area (Å²) in [5, 5.41) is 2.16. The van der Waals surface area contributed by atoms with Crippen LogP contribution in [0.2, 0.25) is 0 Å². The Morgan fingerprint density at radius 1 is 0.967 bits per heavy atom. The van der Waals surface area contributed by atoms with Gasteiger partial charge in [0.1, 0.15) is 0 Å². The van der Waals surface area contributed by atoms with Crippen molar-refractivity contribution in [3.8, 4) is 0 Å². The minimum atomic E-state index is -3.10. The summed E-state index contributed by atoms with van der Waals surface area (Å²) in [6.07, 6.45) is 2.13. The molecule has 2 N–H and O–H groups in total. The van der Waals surface area contributed by atoms with Gasteiger partial charge in [-0.1, -0.05) is 73.7 Å². The largest absolute Gasteiger partial charge is 0.469 e. The first-order valence-corrected chi connectivity index (χ1v) is 11.9. The number of anilines is 1. The number of benzene rings is 3. The van der Waals surface area contributed by atoms with Crippen LogP contribution in [0, 0.1) is 5.92 Å². The van der Waals surface area contributed by atoms with Gasteiger partial charge in [-0.3, -0.25) is 4.79 Å². The van der Waals surface area contributed by atoms with Crippen molar-refractivity contribution in [3.63, 3.8) is 0 Å². The van der Waals surface area contributed by atoms with E-state index in [4.69, 9.17) is 10.5 Å². The molecule has 4 nitrogen and oxygen atoms in total. The summed E-state index contributed by atoms with van der Waals surface area (Å²) in [7, 11) is -1.68. The molecule has 5 heteroatoms. The number of nitrogens with two attached hydrogens (primary N) is 1. The summed E-state index contributed by atoms with van der Waals surface area (Å²) in [6.45, 7) is 1.98. The van der Waals surface area contributed by atoms with E-state index in [0.29, 0.717) is 23.8 Å². The lowest BCUT2D eigenvalue weighted by atomic mass is 9.97. The van der Waals surface area contributed by atoms with Crippen LogP contribution in [0.4, 0.5) is 5.69 Å². The maximum Gasteiger partial charge on any atom is 0.308 e. The van der Waals surface area contributed by atoms with Gasteiger partial charge in [-0.25, -0.2) is 0 Å². The molecular formula is C25H28NO3P. The van der Waals surface area contributed by atoms with Crippen molar-refractivity contribution >= 4 is 34.7 Å². The number of carbonyl (C=O) groups is 1. The summed E-state index contributed by atoms with van der Waals surface area (Å²) >= 11 is 0. The lowest BCUT2D eigenvalue weighted by Gasteiger charge is -2.22. The van der Waals surface area contributed by atoms with Crippen LogP contribution in [0.1, 0.15) is 25.3 Å². The van der Waals surface area contributed by atoms with E-state index >= 15 is 0 Å². The summed E-state index contributed by atoms with van der Waals surface area (Å²) in [4.78, 5) is 11.8. The van der Waals surface area contributed by atoms with E-state index in [1.807, 2.05) is 85.8 Å². The monoisotopic (exact) mass is 421 g/mol. The van der Waals surface area contributed by atoms with Crippen LogP contribution in [-0.4, -0.2) is 13.1 Å². The standard InChI is InChI=1S/C25H28NO3P/c1-3-20(25(27)29-2)16-14-19-15-17-24(23(26)18-19)30(28,21-10-6-4-7-11-21)22-12-8-5-9-13-22/h4-13,15,17-18,20H,3,14,16,26H2,1-2H3. The van der Waals surface area contributed by atoms with Gasteiger partial charge in [0.25, 0.3) is 0 Å². The summed E-state index contributed by atoms with van der Waals surface area (Å²) < 4.78 is 19.3. The third-order valence-electron chi connectivity index (χ3n) is 5.48. The van der Waals surface area contributed by atoms with Gasteiger partial charge in [-0.05, 0) is 37.0 Å². The predicted molar refractivity (Wildman–Crippen MR) is 124 cm³/mol. The predicted octanol–water partition coefficient (Wildman–Crippen LogP) is 4.04. The van der Waals surface area contributed by atoms with Crippen molar-refractivity contribution in [2.24, 2.45) is 5.92 Å². The molecule has 3 aromatic rings. The lowest BCUT2D eigenvalue weighted by molar-refractivity contribution is -0.145. The molecule has 0 bridgehead atoms. The molecule has 0 saturated carbocycles. The van der Waals surface area contributed by atoms with Crippen LogP contribution in [0.25, 0.3) is 0 Å². The molecule has 0 saturated heterocycles. The third kappa shape index (κ3) is 4.49. The maximum atomic E-state index is 14.4. The van der Waals surface area contributed by atoms with Gasteiger partial charge in [0.15, 0.2) is 7.14 Å². The highest BCUT2D eigenvalue weighted by molar-refractivity contribution is 7.85. The number of esters is 1. The second-order valence-electron chi connectivity index (χ2n) is 7.34. The van der Waals surface area contributed by atoms with Crippen molar-refractivity contribution in [2.75, 3.05) is 12.8 Å². The highest BCUT2D eigenvalue weighted by Crippen LogP contribution is 2.44. The van der Waals surface area contributed by atoms with E-state index in [2.05, 4.69) is 0 Å². The van der Waals surface area contributed by atoms with Crippen molar-refractivity contribution in [1.82, 2.24) is 0 Å². The number of nitrogen functional groups attached to an aromatic ring is 1. The lowest BCUT2D eigenvalue weighted by Crippen LogP contribution is -2.27. The molecule has 1 unspecified atom stereocenters. The van der Waals surface area contributed by atoms with Gasteiger partial charge >= 0.3 is 5.97 Å². The molecule has 0 fully saturated rings. The minimum Gasteiger partial charge on any atom is -0.469 e. The Labute approximate surface area is 178 Å². The van der Waals surface area contributed by atoms with Crippen LogP contribution in [0.3, 0.4) is 0 Å². The first kappa shape index (κ1) is 21.9. The van der Waals surface area contributed by atoms with Crippen molar-refractivity contribution in [1.29, 1.82) is 0 Å². The van der Waals surface area contributed by atoms with Gasteiger partial charge in [0, 0.05) is 21.6 Å². The zero-order valence-corrected chi connectivity index (χ0v) is 18.3. The minimum absolute atomic E-state index is 0.129. The second-order valence-corrected chi connectivity index (χ2v) is 10.1. The fraction of sp³-hybridized carbons (Fsp3) is 0.240. The van der Waals surface area contributed by atoms with E-state index in [9.17, 15) is 9.36 Å². The number of hydrogen-bond acceptors (Lipinski definition) is 4. The molecule has 0 aromatic heterocycles. The maximum absolute atomic E-state index is 14.4. The third-order valence-corrected chi connectivity index (χ3v) is 8.62. The molecule has 1 atom stereocenters. The van der Waals surface area contributed by atoms with Crippen molar-refractivity contribution < 1.29 is 14.1 Å². The smallest absolute Gasteiger partial charge is 0.308 e. The highest BCUT2D eigenvalue weighted by Gasteiger charge is 2.31. The van der Waals surface area contributed by atoms with Crippen LogP contribution in [-0.2, 0) is 20.5 Å². The van der Waals surface area contributed by atoms with Gasteiger partial charge in [-0.15, -0.1) is 0 Å². The molecular weight excluding hydrogens is 393 g/mol. The number of ether oxygens (including phenoxy) is 1. The molecule has 30 heavy (non-hydrogen) atoms. The molecule has 0 spiro atoms. The molecule has 0 aliphatic rings. The molecule has 3 rings (SSSR count).